The van der Waals surface area contributed by atoms with E-state index < -0.39 is 0 Å². The van der Waals surface area contributed by atoms with Crippen molar-refractivity contribution >= 4 is 5.65 Å². The van der Waals surface area contributed by atoms with Crippen molar-refractivity contribution in [3.8, 4) is 0 Å². The van der Waals surface area contributed by atoms with Gasteiger partial charge in [-0.15, -0.1) is 0 Å². The van der Waals surface area contributed by atoms with Gasteiger partial charge >= 0.3 is 0 Å². The van der Waals surface area contributed by atoms with Gasteiger partial charge < -0.3 is 10.1 Å². The van der Waals surface area contributed by atoms with Crippen LogP contribution in [0.2, 0.25) is 0 Å². The number of nitrogens with zero attached hydrogens (tertiary/aromatic N) is 2. The number of nitrogens with two attached hydrogens (primary N) is 1. The Bertz CT molecular complexity index is 495. The Morgan fingerprint density at radius 3 is 2.88 bits per heavy atom. The van der Waals surface area contributed by atoms with Crippen LogP contribution in [-0.2, 0) is 5.41 Å². The summed E-state index contributed by atoms with van der Waals surface area (Å²) in [6.45, 7) is 0.732. The maximum atomic E-state index is 6.01. The molecular formula is C13H17N3. The summed E-state index contributed by atoms with van der Waals surface area (Å²) in [7, 11) is 0. The summed E-state index contributed by atoms with van der Waals surface area (Å²) in [5, 5.41) is 0. The smallest absolute Gasteiger partial charge is 0.136 e. The van der Waals surface area contributed by atoms with Crippen LogP contribution >= 0.6 is 0 Å². The molecule has 0 aromatic carbocycles. The SMILES string of the molecule is NCC1(c2cnc3ccccn23)CCCC1. The lowest BCUT2D eigenvalue weighted by atomic mass is 9.83. The van der Waals surface area contributed by atoms with Gasteiger partial charge in [0, 0.05) is 30.0 Å². The predicted molar refractivity (Wildman–Crippen MR) is 64.4 cm³/mol. The Morgan fingerprint density at radius 2 is 2.12 bits per heavy atom. The molecule has 16 heavy (non-hydrogen) atoms. The third kappa shape index (κ3) is 1.28. The first kappa shape index (κ1) is 9.85. The molecule has 2 heterocycles. The normalized spacial score (nSPS) is 19.3. The van der Waals surface area contributed by atoms with Crippen LogP contribution in [0.15, 0.2) is 30.6 Å². The first-order valence-electron chi connectivity index (χ1n) is 5.98. The van der Waals surface area contributed by atoms with Gasteiger partial charge in [-0.2, -0.15) is 0 Å². The highest BCUT2D eigenvalue weighted by Gasteiger charge is 2.36. The van der Waals surface area contributed by atoms with Gasteiger partial charge in [0.1, 0.15) is 5.65 Å². The summed E-state index contributed by atoms with van der Waals surface area (Å²) in [6, 6.07) is 6.12. The Labute approximate surface area is 95.3 Å². The monoisotopic (exact) mass is 215 g/mol. The number of hydrogen-bond donors (Lipinski definition) is 1. The van der Waals surface area contributed by atoms with Gasteiger partial charge in [-0.3, -0.25) is 0 Å². The first-order chi connectivity index (χ1) is 7.86. The van der Waals surface area contributed by atoms with Crippen molar-refractivity contribution in [3.63, 3.8) is 0 Å². The summed E-state index contributed by atoms with van der Waals surface area (Å²) in [6.07, 6.45) is 9.08. The summed E-state index contributed by atoms with van der Waals surface area (Å²) in [5.41, 5.74) is 8.50. The molecule has 0 unspecified atom stereocenters. The van der Waals surface area contributed by atoms with Gasteiger partial charge in [0.15, 0.2) is 0 Å². The Morgan fingerprint density at radius 1 is 1.31 bits per heavy atom. The highest BCUT2D eigenvalue weighted by molar-refractivity contribution is 5.42. The maximum Gasteiger partial charge on any atom is 0.136 e. The zero-order valence-corrected chi connectivity index (χ0v) is 9.39. The predicted octanol–water partition coefficient (Wildman–Crippen LogP) is 2.10. The minimum Gasteiger partial charge on any atom is -0.330 e. The third-order valence-electron chi connectivity index (χ3n) is 3.91. The second-order valence-electron chi connectivity index (χ2n) is 4.76. The molecule has 3 nitrogen and oxygen atoms in total. The van der Waals surface area contributed by atoms with E-state index in [1.165, 1.54) is 31.4 Å². The standard InChI is InChI=1S/C13H17N3/c14-10-13(6-2-3-7-13)11-9-15-12-5-1-4-8-16(11)12/h1,4-5,8-9H,2-3,6-7,10,14H2. The van der Waals surface area contributed by atoms with Gasteiger partial charge in [0.2, 0.25) is 0 Å². The van der Waals surface area contributed by atoms with Crippen molar-refractivity contribution in [2.75, 3.05) is 6.54 Å². The van der Waals surface area contributed by atoms with E-state index in [4.69, 9.17) is 5.73 Å². The Balaban J connectivity index is 2.17. The van der Waals surface area contributed by atoms with Gasteiger partial charge in [-0.05, 0) is 25.0 Å². The number of hydrogen-bond acceptors (Lipinski definition) is 2. The lowest BCUT2D eigenvalue weighted by Crippen LogP contribution is -2.33. The zero-order valence-electron chi connectivity index (χ0n) is 9.39. The molecule has 84 valence electrons. The molecule has 2 aromatic rings. The van der Waals surface area contributed by atoms with Crippen LogP contribution in [-0.4, -0.2) is 15.9 Å². The number of rotatable bonds is 2. The fourth-order valence-corrected chi connectivity index (χ4v) is 2.94. The molecule has 0 amide bonds. The molecule has 0 aliphatic heterocycles. The van der Waals surface area contributed by atoms with E-state index in [-0.39, 0.29) is 5.41 Å². The van der Waals surface area contributed by atoms with Crippen molar-refractivity contribution in [2.45, 2.75) is 31.1 Å². The molecule has 0 saturated heterocycles. The average Bonchev–Trinajstić information content (AvgIpc) is 2.96. The van der Waals surface area contributed by atoms with Crippen LogP contribution in [0.1, 0.15) is 31.4 Å². The first-order valence-corrected chi connectivity index (χ1v) is 5.98. The molecule has 0 spiro atoms. The molecule has 2 aromatic heterocycles. The highest BCUT2D eigenvalue weighted by Crippen LogP contribution is 2.40. The number of imidazole rings is 1. The number of aromatic nitrogens is 2. The minimum absolute atomic E-state index is 0.167. The van der Waals surface area contributed by atoms with Crippen molar-refractivity contribution in [3.05, 3.63) is 36.3 Å². The molecule has 1 saturated carbocycles. The van der Waals surface area contributed by atoms with Crippen LogP contribution in [0.25, 0.3) is 5.65 Å². The van der Waals surface area contributed by atoms with E-state index in [0.29, 0.717) is 0 Å². The number of fused-ring (bicyclic) bond motifs is 1. The third-order valence-corrected chi connectivity index (χ3v) is 3.91. The molecule has 1 aliphatic carbocycles. The second-order valence-corrected chi connectivity index (χ2v) is 4.76. The largest absolute Gasteiger partial charge is 0.330 e. The lowest BCUT2D eigenvalue weighted by molar-refractivity contribution is 0.436. The van der Waals surface area contributed by atoms with Crippen LogP contribution in [0.5, 0.6) is 0 Å². The lowest BCUT2D eigenvalue weighted by Gasteiger charge is -2.26. The molecule has 1 aliphatic rings. The molecule has 0 radical (unpaired) electrons. The van der Waals surface area contributed by atoms with E-state index in [0.717, 1.165) is 12.2 Å². The van der Waals surface area contributed by atoms with Crippen molar-refractivity contribution in [1.29, 1.82) is 0 Å². The van der Waals surface area contributed by atoms with Gasteiger partial charge in [0.25, 0.3) is 0 Å². The molecule has 3 heteroatoms. The summed E-state index contributed by atoms with van der Waals surface area (Å²) >= 11 is 0. The molecular weight excluding hydrogens is 198 g/mol. The molecule has 0 bridgehead atoms. The van der Waals surface area contributed by atoms with Gasteiger partial charge in [-0.25, -0.2) is 4.98 Å². The Hall–Kier alpha value is -1.35. The van der Waals surface area contributed by atoms with E-state index in [2.05, 4.69) is 21.6 Å². The summed E-state index contributed by atoms with van der Waals surface area (Å²) < 4.78 is 2.19. The molecule has 0 atom stereocenters. The highest BCUT2D eigenvalue weighted by atomic mass is 15.0. The summed E-state index contributed by atoms with van der Waals surface area (Å²) in [4.78, 5) is 4.46. The molecule has 2 N–H and O–H groups in total. The van der Waals surface area contributed by atoms with Crippen LogP contribution < -0.4 is 5.73 Å². The zero-order chi connectivity index (χ0) is 11.0. The van der Waals surface area contributed by atoms with Crippen molar-refractivity contribution in [2.24, 2.45) is 5.73 Å². The van der Waals surface area contributed by atoms with Gasteiger partial charge in [0.05, 0.1) is 0 Å². The second kappa shape index (κ2) is 3.59. The van der Waals surface area contributed by atoms with Crippen LogP contribution in [0.3, 0.4) is 0 Å². The van der Waals surface area contributed by atoms with Gasteiger partial charge in [-0.1, -0.05) is 18.9 Å². The fourth-order valence-electron chi connectivity index (χ4n) is 2.94. The van der Waals surface area contributed by atoms with Crippen LogP contribution in [0.4, 0.5) is 0 Å². The number of pyridine rings is 1. The topological polar surface area (TPSA) is 43.3 Å². The summed E-state index contributed by atoms with van der Waals surface area (Å²) in [5.74, 6) is 0. The van der Waals surface area contributed by atoms with E-state index in [1.54, 1.807) is 0 Å². The van der Waals surface area contributed by atoms with E-state index >= 15 is 0 Å². The quantitative estimate of drug-likeness (QED) is 0.833. The van der Waals surface area contributed by atoms with Crippen molar-refractivity contribution in [1.82, 2.24) is 9.38 Å². The van der Waals surface area contributed by atoms with Crippen molar-refractivity contribution < 1.29 is 0 Å². The van der Waals surface area contributed by atoms with E-state index in [1.807, 2.05) is 18.3 Å². The average molecular weight is 215 g/mol. The molecule has 1 fully saturated rings. The minimum atomic E-state index is 0.167. The van der Waals surface area contributed by atoms with E-state index in [9.17, 15) is 0 Å². The Kier molecular flexibility index (Phi) is 2.21. The molecule has 3 rings (SSSR count). The fraction of sp³-hybridized carbons (Fsp3) is 0.462. The van der Waals surface area contributed by atoms with Crippen LogP contribution in [0, 0.1) is 0 Å². The maximum absolute atomic E-state index is 6.01.